The molecule has 1 fully saturated rings. The maximum Gasteiger partial charge on any atom is 0.0446 e. The predicted molar refractivity (Wildman–Crippen MR) is 79.2 cm³/mol. The third-order valence-electron chi connectivity index (χ3n) is 4.07. The highest BCUT2D eigenvalue weighted by Gasteiger charge is 2.21. The summed E-state index contributed by atoms with van der Waals surface area (Å²) >= 11 is 0. The second-order valence-corrected chi connectivity index (χ2v) is 5.72. The van der Waals surface area contributed by atoms with Crippen LogP contribution in [0.2, 0.25) is 0 Å². The van der Waals surface area contributed by atoms with E-state index in [1.54, 1.807) is 0 Å². The molecule has 106 valence electrons. The van der Waals surface area contributed by atoms with E-state index in [4.69, 9.17) is 0 Å². The zero-order chi connectivity index (χ0) is 13.7. The molecule has 0 saturated carbocycles. The zero-order valence-corrected chi connectivity index (χ0v) is 12.2. The Morgan fingerprint density at radius 3 is 2.63 bits per heavy atom. The van der Waals surface area contributed by atoms with Gasteiger partial charge < -0.3 is 10.0 Å². The highest BCUT2D eigenvalue weighted by molar-refractivity contribution is 5.21. The van der Waals surface area contributed by atoms with Crippen LogP contribution in [-0.2, 0) is 6.54 Å². The normalized spacial score (nSPS) is 22.4. The molecule has 3 nitrogen and oxygen atoms in total. The molecule has 1 aliphatic rings. The monoisotopic (exact) mass is 262 g/mol. The van der Waals surface area contributed by atoms with Crippen LogP contribution in [0.5, 0.6) is 0 Å². The first-order valence-corrected chi connectivity index (χ1v) is 7.28. The highest BCUT2D eigenvalue weighted by Crippen LogP contribution is 2.14. The van der Waals surface area contributed by atoms with E-state index in [9.17, 15) is 5.11 Å². The van der Waals surface area contributed by atoms with Gasteiger partial charge in [0.2, 0.25) is 0 Å². The van der Waals surface area contributed by atoms with Crippen molar-refractivity contribution in [1.82, 2.24) is 9.80 Å². The van der Waals surface area contributed by atoms with Crippen molar-refractivity contribution in [2.24, 2.45) is 0 Å². The van der Waals surface area contributed by atoms with Gasteiger partial charge in [0.15, 0.2) is 0 Å². The molecular weight excluding hydrogens is 236 g/mol. The number of likely N-dealkylation sites (N-methyl/N-ethyl adjacent to an activating group) is 1. The van der Waals surface area contributed by atoms with Gasteiger partial charge in [-0.05, 0) is 45.5 Å². The molecule has 1 heterocycles. The first-order valence-electron chi connectivity index (χ1n) is 7.28. The standard InChI is InChI=1S/C16H26N2O/c1-14-4-6-15(7-5-14)12-18-10-3-9-17(2)16(13-18)8-11-19/h4-7,16,19H,3,8-13H2,1-2H3. The molecule has 3 heteroatoms. The Morgan fingerprint density at radius 2 is 1.95 bits per heavy atom. The Labute approximate surface area is 116 Å². The second-order valence-electron chi connectivity index (χ2n) is 5.72. The van der Waals surface area contributed by atoms with E-state index in [1.807, 2.05) is 0 Å². The van der Waals surface area contributed by atoms with Crippen LogP contribution in [0.4, 0.5) is 0 Å². The molecule has 1 aliphatic heterocycles. The summed E-state index contributed by atoms with van der Waals surface area (Å²) in [6.45, 7) is 6.78. The summed E-state index contributed by atoms with van der Waals surface area (Å²) in [5.41, 5.74) is 2.70. The van der Waals surface area contributed by atoms with Crippen molar-refractivity contribution >= 4 is 0 Å². The van der Waals surface area contributed by atoms with Crippen molar-refractivity contribution in [3.63, 3.8) is 0 Å². The summed E-state index contributed by atoms with van der Waals surface area (Å²) in [7, 11) is 2.18. The van der Waals surface area contributed by atoms with Crippen molar-refractivity contribution in [3.05, 3.63) is 35.4 Å². The minimum atomic E-state index is 0.285. The lowest BCUT2D eigenvalue weighted by Crippen LogP contribution is -2.39. The van der Waals surface area contributed by atoms with Crippen LogP contribution in [0.25, 0.3) is 0 Å². The zero-order valence-electron chi connectivity index (χ0n) is 12.2. The summed E-state index contributed by atoms with van der Waals surface area (Å²) in [6.07, 6.45) is 2.09. The minimum Gasteiger partial charge on any atom is -0.396 e. The van der Waals surface area contributed by atoms with Crippen LogP contribution < -0.4 is 0 Å². The molecule has 0 spiro atoms. The van der Waals surface area contributed by atoms with E-state index in [2.05, 4.69) is 48.0 Å². The topological polar surface area (TPSA) is 26.7 Å². The summed E-state index contributed by atoms with van der Waals surface area (Å²) in [4.78, 5) is 4.92. The van der Waals surface area contributed by atoms with Gasteiger partial charge in [0.25, 0.3) is 0 Å². The average Bonchev–Trinajstić information content (AvgIpc) is 2.56. The van der Waals surface area contributed by atoms with Gasteiger partial charge in [-0.25, -0.2) is 0 Å². The SMILES string of the molecule is Cc1ccc(CN2CCCN(C)C(CCO)C2)cc1. The highest BCUT2D eigenvalue weighted by atomic mass is 16.3. The Bertz CT molecular complexity index is 377. The average molecular weight is 262 g/mol. The van der Waals surface area contributed by atoms with Crippen LogP contribution in [0.1, 0.15) is 24.0 Å². The fraction of sp³-hybridized carbons (Fsp3) is 0.625. The van der Waals surface area contributed by atoms with Crippen LogP contribution in [0.15, 0.2) is 24.3 Å². The molecule has 2 rings (SSSR count). The van der Waals surface area contributed by atoms with Gasteiger partial charge in [0.1, 0.15) is 0 Å². The number of aliphatic hydroxyl groups is 1. The molecule has 0 amide bonds. The molecular formula is C16H26N2O. The van der Waals surface area contributed by atoms with Crippen LogP contribution in [0, 0.1) is 6.92 Å². The number of hydrogen-bond acceptors (Lipinski definition) is 3. The molecule has 0 radical (unpaired) electrons. The molecule has 19 heavy (non-hydrogen) atoms. The quantitative estimate of drug-likeness (QED) is 0.897. The van der Waals surface area contributed by atoms with Gasteiger partial charge >= 0.3 is 0 Å². The lowest BCUT2D eigenvalue weighted by atomic mass is 10.1. The molecule has 1 aromatic rings. The van der Waals surface area contributed by atoms with E-state index in [1.165, 1.54) is 17.5 Å². The van der Waals surface area contributed by atoms with Crippen molar-refractivity contribution in [2.75, 3.05) is 33.3 Å². The molecule has 1 N–H and O–H groups in total. The minimum absolute atomic E-state index is 0.285. The van der Waals surface area contributed by atoms with E-state index in [0.717, 1.165) is 32.6 Å². The number of aliphatic hydroxyl groups excluding tert-OH is 1. The van der Waals surface area contributed by atoms with Gasteiger partial charge in [-0.2, -0.15) is 0 Å². The number of rotatable bonds is 4. The molecule has 0 aliphatic carbocycles. The molecule has 0 bridgehead atoms. The summed E-state index contributed by atoms with van der Waals surface area (Å²) < 4.78 is 0. The summed E-state index contributed by atoms with van der Waals surface area (Å²) in [5, 5.41) is 9.19. The lowest BCUT2D eigenvalue weighted by Gasteiger charge is -2.28. The molecule has 1 aromatic carbocycles. The fourth-order valence-electron chi connectivity index (χ4n) is 2.81. The Morgan fingerprint density at radius 1 is 1.21 bits per heavy atom. The van der Waals surface area contributed by atoms with E-state index >= 15 is 0 Å². The van der Waals surface area contributed by atoms with Gasteiger partial charge in [-0.1, -0.05) is 29.8 Å². The number of aryl methyl sites for hydroxylation is 1. The Kier molecular flexibility index (Phi) is 5.37. The maximum atomic E-state index is 9.19. The molecule has 1 saturated heterocycles. The van der Waals surface area contributed by atoms with Crippen molar-refractivity contribution in [1.29, 1.82) is 0 Å². The van der Waals surface area contributed by atoms with E-state index in [-0.39, 0.29) is 6.61 Å². The number of benzene rings is 1. The first-order chi connectivity index (χ1) is 9.19. The van der Waals surface area contributed by atoms with Crippen molar-refractivity contribution < 1.29 is 5.11 Å². The summed E-state index contributed by atoms with van der Waals surface area (Å²) in [6, 6.07) is 9.31. The maximum absolute atomic E-state index is 9.19. The van der Waals surface area contributed by atoms with Crippen LogP contribution >= 0.6 is 0 Å². The second kappa shape index (κ2) is 7.04. The molecule has 0 aromatic heterocycles. The predicted octanol–water partition coefficient (Wildman–Crippen LogP) is 1.88. The van der Waals surface area contributed by atoms with Gasteiger partial charge in [0.05, 0.1) is 0 Å². The third-order valence-corrected chi connectivity index (χ3v) is 4.07. The lowest BCUT2D eigenvalue weighted by molar-refractivity contribution is 0.163. The van der Waals surface area contributed by atoms with Crippen LogP contribution in [-0.4, -0.2) is 54.2 Å². The fourth-order valence-corrected chi connectivity index (χ4v) is 2.81. The van der Waals surface area contributed by atoms with Crippen molar-refractivity contribution in [3.8, 4) is 0 Å². The first kappa shape index (κ1) is 14.5. The van der Waals surface area contributed by atoms with E-state index < -0.39 is 0 Å². The smallest absolute Gasteiger partial charge is 0.0446 e. The van der Waals surface area contributed by atoms with Crippen LogP contribution in [0.3, 0.4) is 0 Å². The Balaban J connectivity index is 1.97. The van der Waals surface area contributed by atoms with Crippen molar-refractivity contribution in [2.45, 2.75) is 32.4 Å². The number of hydrogen-bond donors (Lipinski definition) is 1. The third kappa shape index (κ3) is 4.30. The molecule has 1 atom stereocenters. The van der Waals surface area contributed by atoms with Gasteiger partial charge in [0, 0.05) is 25.7 Å². The van der Waals surface area contributed by atoms with E-state index in [0.29, 0.717) is 6.04 Å². The van der Waals surface area contributed by atoms with Gasteiger partial charge in [-0.3, -0.25) is 4.90 Å². The number of nitrogens with zero attached hydrogens (tertiary/aromatic N) is 2. The Hall–Kier alpha value is -0.900. The van der Waals surface area contributed by atoms with Gasteiger partial charge in [-0.15, -0.1) is 0 Å². The largest absolute Gasteiger partial charge is 0.396 e. The molecule has 1 unspecified atom stereocenters. The summed E-state index contributed by atoms with van der Waals surface area (Å²) in [5.74, 6) is 0.